The van der Waals surface area contributed by atoms with Crippen LogP contribution in [0.1, 0.15) is 37.4 Å². The third kappa shape index (κ3) is 9.19. The zero-order chi connectivity index (χ0) is 28.8. The summed E-state index contributed by atoms with van der Waals surface area (Å²) in [7, 11) is 0. The number of pyridine rings is 2. The van der Waals surface area contributed by atoms with Crippen molar-refractivity contribution in [2.45, 2.75) is 44.0 Å². The summed E-state index contributed by atoms with van der Waals surface area (Å²) >= 11 is 0. The highest BCUT2D eigenvalue weighted by molar-refractivity contribution is 5.73. The highest BCUT2D eigenvalue weighted by Crippen LogP contribution is 2.33. The van der Waals surface area contributed by atoms with Crippen LogP contribution in [0.2, 0.25) is 0 Å². The summed E-state index contributed by atoms with van der Waals surface area (Å²) in [6.45, 7) is 3.69. The zero-order valence-electron chi connectivity index (χ0n) is 20.4. The Bertz CT molecular complexity index is 1230. The van der Waals surface area contributed by atoms with E-state index < -0.39 is 24.3 Å². The lowest BCUT2D eigenvalue weighted by atomic mass is 9.96. The molecule has 1 saturated carbocycles. The SMILES string of the molecule is O=C(O)C(F)(F)F.O=C(O)C(F)(F)F.c1cc(-c2ccc3nc(C4CCN(CC5CC5)CC4)nn3c2)ccn1. The summed E-state index contributed by atoms with van der Waals surface area (Å²) in [5.41, 5.74) is 3.24. The van der Waals surface area contributed by atoms with Crippen LogP contribution in [0.4, 0.5) is 26.3 Å². The second-order valence-corrected chi connectivity index (χ2v) is 9.05. The van der Waals surface area contributed by atoms with Gasteiger partial charge in [0.05, 0.1) is 0 Å². The maximum absolute atomic E-state index is 10.6. The van der Waals surface area contributed by atoms with Crippen LogP contribution < -0.4 is 0 Å². The van der Waals surface area contributed by atoms with Crippen molar-refractivity contribution in [3.05, 3.63) is 48.7 Å². The number of hydrogen-bond donors (Lipinski definition) is 2. The van der Waals surface area contributed by atoms with Crippen LogP contribution in [-0.2, 0) is 9.59 Å². The monoisotopic (exact) mass is 561 g/mol. The third-order valence-electron chi connectivity index (χ3n) is 6.01. The van der Waals surface area contributed by atoms with Crippen LogP contribution in [0.15, 0.2) is 42.9 Å². The van der Waals surface area contributed by atoms with Crippen molar-refractivity contribution in [1.29, 1.82) is 0 Å². The first-order valence-corrected chi connectivity index (χ1v) is 11.8. The fourth-order valence-corrected chi connectivity index (χ4v) is 3.83. The number of piperidine rings is 1. The predicted octanol–water partition coefficient (Wildman–Crippen LogP) is 4.65. The predicted molar refractivity (Wildman–Crippen MR) is 125 cm³/mol. The minimum atomic E-state index is -5.08. The Labute approximate surface area is 218 Å². The number of aromatic nitrogens is 4. The summed E-state index contributed by atoms with van der Waals surface area (Å²) in [5, 5.41) is 19.0. The number of nitrogens with zero attached hydrogens (tertiary/aromatic N) is 5. The molecule has 9 nitrogen and oxygen atoms in total. The van der Waals surface area contributed by atoms with E-state index in [4.69, 9.17) is 29.9 Å². The normalized spacial score (nSPS) is 16.6. The Hall–Kier alpha value is -3.75. The largest absolute Gasteiger partial charge is 0.490 e. The van der Waals surface area contributed by atoms with Gasteiger partial charge in [-0.15, -0.1) is 0 Å². The van der Waals surface area contributed by atoms with Gasteiger partial charge >= 0.3 is 24.3 Å². The molecule has 0 atom stereocenters. The molecule has 0 radical (unpaired) electrons. The minimum Gasteiger partial charge on any atom is -0.475 e. The second kappa shape index (κ2) is 12.4. The van der Waals surface area contributed by atoms with Crippen LogP contribution in [0.5, 0.6) is 0 Å². The van der Waals surface area contributed by atoms with Gasteiger partial charge in [0.2, 0.25) is 0 Å². The van der Waals surface area contributed by atoms with E-state index >= 15 is 0 Å². The summed E-state index contributed by atoms with van der Waals surface area (Å²) in [5.74, 6) is -3.02. The maximum atomic E-state index is 10.6. The summed E-state index contributed by atoms with van der Waals surface area (Å²) in [4.78, 5) is 29.3. The van der Waals surface area contributed by atoms with Gasteiger partial charge in [0.15, 0.2) is 11.5 Å². The van der Waals surface area contributed by atoms with Crippen molar-refractivity contribution < 1.29 is 46.1 Å². The Morgan fingerprint density at radius 3 is 1.87 bits per heavy atom. The number of fused-ring (bicyclic) bond motifs is 1. The van der Waals surface area contributed by atoms with E-state index in [0.717, 1.165) is 28.5 Å². The number of carboxylic acid groups (broad SMARTS) is 2. The van der Waals surface area contributed by atoms with Crippen LogP contribution in [0.3, 0.4) is 0 Å². The molecule has 2 aliphatic rings. The van der Waals surface area contributed by atoms with Crippen molar-refractivity contribution >= 4 is 17.6 Å². The van der Waals surface area contributed by atoms with Gasteiger partial charge in [-0.25, -0.2) is 19.1 Å². The molecule has 0 amide bonds. The smallest absolute Gasteiger partial charge is 0.475 e. The van der Waals surface area contributed by atoms with Gasteiger partial charge in [0.1, 0.15) is 0 Å². The van der Waals surface area contributed by atoms with Gasteiger partial charge in [-0.3, -0.25) is 4.98 Å². The molecule has 1 aliphatic heterocycles. The molecule has 2 fully saturated rings. The standard InChI is InChI=1S/C20H23N5.2C2HF3O2/c1-2-15(1)13-24-11-7-17(8-12-24)20-22-19-4-3-18(14-25(19)23-20)16-5-9-21-10-6-16;2*3-2(4,5)1(6)7/h3-6,9-10,14-15,17H,1-2,7-8,11-13H2;2*(H,6,7). The van der Waals surface area contributed by atoms with Crippen molar-refractivity contribution in [1.82, 2.24) is 24.5 Å². The number of carboxylic acids is 2. The van der Waals surface area contributed by atoms with Crippen molar-refractivity contribution in [2.24, 2.45) is 5.92 Å². The second-order valence-electron chi connectivity index (χ2n) is 9.05. The van der Waals surface area contributed by atoms with Gasteiger partial charge in [0, 0.05) is 36.6 Å². The quantitative estimate of drug-likeness (QED) is 0.442. The molecule has 0 aromatic carbocycles. The Morgan fingerprint density at radius 2 is 1.38 bits per heavy atom. The van der Waals surface area contributed by atoms with Crippen molar-refractivity contribution in [2.75, 3.05) is 19.6 Å². The molecular formula is C24H25F6N5O4. The van der Waals surface area contributed by atoms with Gasteiger partial charge in [0.25, 0.3) is 0 Å². The Balaban J connectivity index is 0.000000251. The summed E-state index contributed by atoms with van der Waals surface area (Å²) < 4.78 is 65.4. The molecule has 0 bridgehead atoms. The minimum absolute atomic E-state index is 0.500. The number of carbonyl (C=O) groups is 2. The Kier molecular flexibility index (Phi) is 9.48. The molecular weight excluding hydrogens is 536 g/mol. The van der Waals surface area contributed by atoms with E-state index in [2.05, 4.69) is 28.2 Å². The number of alkyl halides is 6. The van der Waals surface area contributed by atoms with Crippen LogP contribution >= 0.6 is 0 Å². The lowest BCUT2D eigenvalue weighted by Crippen LogP contribution is -2.34. The van der Waals surface area contributed by atoms with Gasteiger partial charge in [-0.2, -0.15) is 31.4 Å². The average Bonchev–Trinajstić information content (AvgIpc) is 3.59. The molecule has 0 spiro atoms. The lowest BCUT2D eigenvalue weighted by molar-refractivity contribution is -0.193. The summed E-state index contributed by atoms with van der Waals surface area (Å²) in [6, 6.07) is 8.22. The van der Waals surface area contributed by atoms with E-state index in [1.807, 2.05) is 29.0 Å². The van der Waals surface area contributed by atoms with Crippen molar-refractivity contribution in [3.8, 4) is 11.1 Å². The number of hydrogen-bond acceptors (Lipinski definition) is 6. The first-order chi connectivity index (χ1) is 18.2. The molecule has 39 heavy (non-hydrogen) atoms. The van der Waals surface area contributed by atoms with Crippen LogP contribution in [0, 0.1) is 5.92 Å². The van der Waals surface area contributed by atoms with E-state index in [1.165, 1.54) is 45.3 Å². The maximum Gasteiger partial charge on any atom is 0.490 e. The first kappa shape index (κ1) is 29.8. The highest BCUT2D eigenvalue weighted by atomic mass is 19.4. The summed E-state index contributed by atoms with van der Waals surface area (Å²) in [6.07, 6.45) is 0.788. The number of aliphatic carboxylic acids is 2. The molecule has 4 heterocycles. The first-order valence-electron chi connectivity index (χ1n) is 11.8. The highest BCUT2D eigenvalue weighted by Gasteiger charge is 2.39. The van der Waals surface area contributed by atoms with E-state index in [1.54, 1.807) is 0 Å². The zero-order valence-corrected chi connectivity index (χ0v) is 20.4. The molecule has 1 aliphatic carbocycles. The average molecular weight is 561 g/mol. The molecule has 3 aromatic rings. The van der Waals surface area contributed by atoms with E-state index in [-0.39, 0.29) is 0 Å². The molecule has 15 heteroatoms. The van der Waals surface area contributed by atoms with Gasteiger partial charge in [-0.1, -0.05) is 0 Å². The number of likely N-dealkylation sites (tertiary alicyclic amines) is 1. The molecule has 212 valence electrons. The lowest BCUT2D eigenvalue weighted by Gasteiger charge is -2.30. The van der Waals surface area contributed by atoms with Crippen molar-refractivity contribution in [3.63, 3.8) is 0 Å². The van der Waals surface area contributed by atoms with E-state index in [9.17, 15) is 26.3 Å². The molecule has 3 aromatic heterocycles. The number of halogens is 6. The van der Waals surface area contributed by atoms with E-state index in [0.29, 0.717) is 5.92 Å². The molecule has 1 saturated heterocycles. The molecule has 5 rings (SSSR count). The Morgan fingerprint density at radius 1 is 0.846 bits per heavy atom. The van der Waals surface area contributed by atoms with Crippen LogP contribution in [-0.4, -0.2) is 78.6 Å². The fraction of sp³-hybridized carbons (Fsp3) is 0.458. The fourth-order valence-electron chi connectivity index (χ4n) is 3.83. The molecule has 0 unspecified atom stereocenters. The van der Waals surface area contributed by atoms with Crippen LogP contribution in [0.25, 0.3) is 16.8 Å². The number of rotatable bonds is 4. The van der Waals surface area contributed by atoms with Gasteiger partial charge in [-0.05, 0) is 74.5 Å². The third-order valence-corrected chi connectivity index (χ3v) is 6.01. The molecule has 2 N–H and O–H groups in total. The van der Waals surface area contributed by atoms with Gasteiger partial charge < -0.3 is 15.1 Å². The topological polar surface area (TPSA) is 121 Å².